The zero-order valence-corrected chi connectivity index (χ0v) is 10.3. The van der Waals surface area contributed by atoms with Crippen LogP contribution in [0.2, 0.25) is 0 Å². The van der Waals surface area contributed by atoms with Crippen molar-refractivity contribution in [2.45, 2.75) is 38.2 Å². The average Bonchev–Trinajstić information content (AvgIpc) is 2.85. The highest BCUT2D eigenvalue weighted by molar-refractivity contribution is 5.46. The molecule has 1 aromatic rings. The molecule has 0 heterocycles. The van der Waals surface area contributed by atoms with Gasteiger partial charge in [0.15, 0.2) is 0 Å². The Kier molecular flexibility index (Phi) is 4.68. The van der Waals surface area contributed by atoms with Gasteiger partial charge in [0, 0.05) is 12.2 Å². The molecule has 1 fully saturated rings. The van der Waals surface area contributed by atoms with Gasteiger partial charge in [0.05, 0.1) is 6.10 Å². The largest absolute Gasteiger partial charge is 0.490 e. The Morgan fingerprint density at radius 1 is 1.18 bits per heavy atom. The van der Waals surface area contributed by atoms with E-state index < -0.39 is 0 Å². The van der Waals surface area contributed by atoms with E-state index in [4.69, 9.17) is 10.5 Å². The van der Waals surface area contributed by atoms with Crippen LogP contribution in [0.3, 0.4) is 0 Å². The molecule has 3 heteroatoms. The molecule has 0 radical (unpaired) electrons. The second-order valence-electron chi connectivity index (χ2n) is 4.62. The number of hydrogen-bond donors (Lipinski definition) is 2. The van der Waals surface area contributed by atoms with Gasteiger partial charge in [0.1, 0.15) is 5.75 Å². The third-order valence-corrected chi connectivity index (χ3v) is 3.17. The van der Waals surface area contributed by atoms with Crippen LogP contribution in [-0.2, 0) is 0 Å². The number of nitrogens with two attached hydrogens (primary N) is 1. The summed E-state index contributed by atoms with van der Waals surface area (Å²) in [5.74, 6) is 0.987. The van der Waals surface area contributed by atoms with Gasteiger partial charge in [-0.2, -0.15) is 0 Å². The first kappa shape index (κ1) is 12.2. The smallest absolute Gasteiger partial charge is 0.119 e. The molecular formula is C14H22N2O. The average molecular weight is 234 g/mol. The van der Waals surface area contributed by atoms with Crippen molar-refractivity contribution in [2.75, 3.05) is 18.4 Å². The predicted octanol–water partition coefficient (Wildman–Crippen LogP) is 2.77. The number of ether oxygens (including phenoxy) is 1. The van der Waals surface area contributed by atoms with E-state index in [2.05, 4.69) is 17.4 Å². The summed E-state index contributed by atoms with van der Waals surface area (Å²) in [5.41, 5.74) is 6.58. The minimum atomic E-state index is 0.436. The lowest BCUT2D eigenvalue weighted by molar-refractivity contribution is 0.210. The molecule has 94 valence electrons. The Morgan fingerprint density at radius 3 is 2.53 bits per heavy atom. The summed E-state index contributed by atoms with van der Waals surface area (Å²) in [7, 11) is 0. The summed E-state index contributed by atoms with van der Waals surface area (Å²) >= 11 is 0. The van der Waals surface area contributed by atoms with E-state index >= 15 is 0 Å². The van der Waals surface area contributed by atoms with Crippen LogP contribution in [0.4, 0.5) is 5.69 Å². The van der Waals surface area contributed by atoms with Gasteiger partial charge in [-0.15, -0.1) is 0 Å². The molecule has 3 nitrogen and oxygen atoms in total. The Balaban J connectivity index is 1.80. The van der Waals surface area contributed by atoms with Crippen LogP contribution in [0.15, 0.2) is 24.3 Å². The molecule has 1 saturated carbocycles. The summed E-state index contributed by atoms with van der Waals surface area (Å²) in [6.45, 7) is 1.66. The number of anilines is 1. The van der Waals surface area contributed by atoms with Crippen LogP contribution in [0.1, 0.15) is 32.1 Å². The fourth-order valence-corrected chi connectivity index (χ4v) is 2.18. The van der Waals surface area contributed by atoms with Crippen molar-refractivity contribution in [3.05, 3.63) is 24.3 Å². The van der Waals surface area contributed by atoms with E-state index in [9.17, 15) is 0 Å². The number of hydrogen-bond acceptors (Lipinski definition) is 3. The first-order valence-electron chi connectivity index (χ1n) is 6.59. The second kappa shape index (κ2) is 6.50. The Hall–Kier alpha value is -1.22. The maximum atomic E-state index is 5.91. The lowest BCUT2D eigenvalue weighted by Crippen LogP contribution is -2.11. The molecule has 3 N–H and O–H groups in total. The van der Waals surface area contributed by atoms with Crippen molar-refractivity contribution in [2.24, 2.45) is 5.73 Å². The van der Waals surface area contributed by atoms with Crippen molar-refractivity contribution in [1.29, 1.82) is 0 Å². The van der Waals surface area contributed by atoms with Crippen LogP contribution >= 0.6 is 0 Å². The van der Waals surface area contributed by atoms with Crippen molar-refractivity contribution in [1.82, 2.24) is 0 Å². The Bertz CT molecular complexity index is 317. The number of benzene rings is 1. The van der Waals surface area contributed by atoms with Gasteiger partial charge in [0.2, 0.25) is 0 Å². The van der Waals surface area contributed by atoms with Crippen molar-refractivity contribution in [3.8, 4) is 5.75 Å². The summed E-state index contributed by atoms with van der Waals surface area (Å²) in [6.07, 6.45) is 6.46. The first-order valence-corrected chi connectivity index (χ1v) is 6.59. The summed E-state index contributed by atoms with van der Waals surface area (Å²) < 4.78 is 5.91. The van der Waals surface area contributed by atoms with E-state index in [0.29, 0.717) is 6.10 Å². The molecule has 0 unspecified atom stereocenters. The van der Waals surface area contributed by atoms with Crippen LogP contribution in [-0.4, -0.2) is 19.2 Å². The lowest BCUT2D eigenvalue weighted by Gasteiger charge is -2.13. The summed E-state index contributed by atoms with van der Waals surface area (Å²) in [4.78, 5) is 0. The van der Waals surface area contributed by atoms with Crippen molar-refractivity contribution in [3.63, 3.8) is 0 Å². The van der Waals surface area contributed by atoms with Crippen molar-refractivity contribution >= 4 is 5.69 Å². The fourth-order valence-electron chi connectivity index (χ4n) is 2.18. The molecule has 0 atom stereocenters. The van der Waals surface area contributed by atoms with Gasteiger partial charge >= 0.3 is 0 Å². The van der Waals surface area contributed by atoms with Gasteiger partial charge in [-0.25, -0.2) is 0 Å². The molecule has 1 aliphatic rings. The molecule has 0 spiro atoms. The molecule has 0 aliphatic heterocycles. The molecule has 17 heavy (non-hydrogen) atoms. The normalized spacial score (nSPS) is 16.1. The van der Waals surface area contributed by atoms with E-state index in [1.54, 1.807) is 0 Å². The molecule has 0 saturated heterocycles. The molecule has 0 amide bonds. The van der Waals surface area contributed by atoms with Gasteiger partial charge in [-0.1, -0.05) is 0 Å². The minimum absolute atomic E-state index is 0.436. The number of nitrogens with one attached hydrogen (secondary N) is 1. The Morgan fingerprint density at radius 2 is 1.88 bits per heavy atom. The number of rotatable bonds is 6. The van der Waals surface area contributed by atoms with E-state index in [1.807, 2.05) is 12.1 Å². The van der Waals surface area contributed by atoms with E-state index in [-0.39, 0.29) is 0 Å². The molecule has 0 bridgehead atoms. The van der Waals surface area contributed by atoms with Crippen LogP contribution in [0, 0.1) is 0 Å². The second-order valence-corrected chi connectivity index (χ2v) is 4.62. The van der Waals surface area contributed by atoms with Crippen LogP contribution < -0.4 is 15.8 Å². The summed E-state index contributed by atoms with van der Waals surface area (Å²) in [5, 5.41) is 3.33. The van der Waals surface area contributed by atoms with E-state index in [0.717, 1.165) is 30.9 Å². The van der Waals surface area contributed by atoms with Gasteiger partial charge in [-0.3, -0.25) is 0 Å². The minimum Gasteiger partial charge on any atom is -0.490 e. The maximum Gasteiger partial charge on any atom is 0.119 e. The summed E-state index contributed by atoms with van der Waals surface area (Å²) in [6, 6.07) is 8.23. The lowest BCUT2D eigenvalue weighted by atomic mass is 10.2. The zero-order chi connectivity index (χ0) is 11.9. The fraction of sp³-hybridized carbons (Fsp3) is 0.571. The Labute approximate surface area is 103 Å². The monoisotopic (exact) mass is 234 g/mol. The van der Waals surface area contributed by atoms with Crippen molar-refractivity contribution < 1.29 is 4.74 Å². The van der Waals surface area contributed by atoms with Crippen LogP contribution in [0.25, 0.3) is 0 Å². The highest BCUT2D eigenvalue weighted by Gasteiger charge is 2.16. The topological polar surface area (TPSA) is 47.3 Å². The highest BCUT2D eigenvalue weighted by Crippen LogP contribution is 2.24. The third-order valence-electron chi connectivity index (χ3n) is 3.17. The predicted molar refractivity (Wildman–Crippen MR) is 71.5 cm³/mol. The van der Waals surface area contributed by atoms with Gasteiger partial charge in [-0.05, 0) is 62.9 Å². The zero-order valence-electron chi connectivity index (χ0n) is 10.3. The molecule has 2 rings (SSSR count). The SMILES string of the molecule is NCCCNc1ccc(OC2CCCC2)cc1. The van der Waals surface area contributed by atoms with E-state index in [1.165, 1.54) is 25.7 Å². The van der Waals surface area contributed by atoms with Gasteiger partial charge < -0.3 is 15.8 Å². The third kappa shape index (κ3) is 3.93. The first-order chi connectivity index (χ1) is 8.38. The van der Waals surface area contributed by atoms with Gasteiger partial charge in [0.25, 0.3) is 0 Å². The molecule has 1 aromatic carbocycles. The highest BCUT2D eigenvalue weighted by atomic mass is 16.5. The molecular weight excluding hydrogens is 212 g/mol. The maximum absolute atomic E-state index is 5.91. The van der Waals surface area contributed by atoms with Crippen LogP contribution in [0.5, 0.6) is 5.75 Å². The standard InChI is InChI=1S/C14H22N2O/c15-10-3-11-16-12-6-8-14(9-7-12)17-13-4-1-2-5-13/h6-9,13,16H,1-5,10-11,15H2. The molecule has 0 aromatic heterocycles. The molecule has 1 aliphatic carbocycles. The quantitative estimate of drug-likeness (QED) is 0.744.